The number of nitro groups is 1. The van der Waals surface area contributed by atoms with Crippen LogP contribution in [0.3, 0.4) is 0 Å². The summed E-state index contributed by atoms with van der Waals surface area (Å²) >= 11 is 0. The Kier molecular flexibility index (Phi) is 3.25. The Morgan fingerprint density at radius 2 is 1.75 bits per heavy atom. The highest BCUT2D eigenvalue weighted by molar-refractivity contribution is 6.16. The molecule has 9 heteroatoms. The van der Waals surface area contributed by atoms with Gasteiger partial charge in [0.05, 0.1) is 16.6 Å². The van der Waals surface area contributed by atoms with E-state index in [1.807, 2.05) is 0 Å². The van der Waals surface area contributed by atoms with E-state index < -0.39 is 28.1 Å². The van der Waals surface area contributed by atoms with Crippen molar-refractivity contribution in [2.45, 2.75) is 0 Å². The maximum atomic E-state index is 10.9. The molecule has 1 aromatic rings. The van der Waals surface area contributed by atoms with Gasteiger partial charge in [-0.3, -0.25) is 10.1 Å². The number of carbonyl (C=O) groups is 2. The minimum atomic E-state index is -1.70. The first-order valence-electron chi connectivity index (χ1n) is 5.16. The highest BCUT2D eigenvalue weighted by Crippen LogP contribution is 2.38. The molecule has 104 valence electrons. The molecule has 1 aliphatic heterocycles. The lowest BCUT2D eigenvalue weighted by Gasteiger charge is -2.02. The van der Waals surface area contributed by atoms with Crippen molar-refractivity contribution >= 4 is 23.7 Å². The monoisotopic (exact) mass is 281 g/mol. The highest BCUT2D eigenvalue weighted by Gasteiger charge is 2.25. The lowest BCUT2D eigenvalue weighted by molar-refractivity contribution is -0.385. The van der Waals surface area contributed by atoms with Gasteiger partial charge in [0, 0.05) is 0 Å². The molecular formula is C11H7NO8. The minimum absolute atomic E-state index is 0.121. The van der Waals surface area contributed by atoms with E-state index in [0.717, 1.165) is 12.1 Å². The van der Waals surface area contributed by atoms with Crippen molar-refractivity contribution in [2.75, 3.05) is 6.79 Å². The third kappa shape index (κ3) is 2.36. The first-order chi connectivity index (χ1) is 9.40. The fraction of sp³-hybridized carbons (Fsp3) is 0.0909. The van der Waals surface area contributed by atoms with Crippen LogP contribution in [0.25, 0.3) is 6.08 Å². The minimum Gasteiger partial charge on any atom is -0.477 e. The van der Waals surface area contributed by atoms with Gasteiger partial charge in [0.15, 0.2) is 11.5 Å². The predicted octanol–water partition coefficient (Wildman–Crippen LogP) is 0.876. The van der Waals surface area contributed by atoms with E-state index in [-0.39, 0.29) is 23.9 Å². The standard InChI is InChI=1S/C11H7NO8/c13-10(14)6(11(15)16)1-5-2-8-9(20-4-19-8)3-7(5)12(17)18/h1-3H,4H2,(H,13,14)(H,15,16). The average molecular weight is 281 g/mol. The quantitative estimate of drug-likeness (QED) is 0.273. The number of carboxylic acid groups (broad SMARTS) is 2. The Morgan fingerprint density at radius 3 is 2.25 bits per heavy atom. The van der Waals surface area contributed by atoms with Gasteiger partial charge in [-0.25, -0.2) is 9.59 Å². The Labute approximate surface area is 110 Å². The van der Waals surface area contributed by atoms with Gasteiger partial charge in [0.1, 0.15) is 5.57 Å². The summed E-state index contributed by atoms with van der Waals surface area (Å²) in [6.45, 7) is -0.121. The van der Waals surface area contributed by atoms with Crippen LogP contribution in [-0.4, -0.2) is 33.9 Å². The van der Waals surface area contributed by atoms with Crippen LogP contribution in [0.15, 0.2) is 17.7 Å². The Morgan fingerprint density at radius 1 is 1.20 bits per heavy atom. The summed E-state index contributed by atoms with van der Waals surface area (Å²) in [6.07, 6.45) is 0.699. The molecule has 0 aliphatic carbocycles. The van der Waals surface area contributed by atoms with Crippen LogP contribution >= 0.6 is 0 Å². The van der Waals surface area contributed by atoms with Crippen molar-refractivity contribution in [3.63, 3.8) is 0 Å². The molecule has 9 nitrogen and oxygen atoms in total. The van der Waals surface area contributed by atoms with Crippen LogP contribution in [0.2, 0.25) is 0 Å². The number of hydrogen-bond acceptors (Lipinski definition) is 6. The number of hydrogen-bond donors (Lipinski definition) is 2. The zero-order valence-corrected chi connectivity index (χ0v) is 9.73. The van der Waals surface area contributed by atoms with Gasteiger partial charge in [0.2, 0.25) is 6.79 Å². The average Bonchev–Trinajstić information content (AvgIpc) is 2.80. The highest BCUT2D eigenvalue weighted by atomic mass is 16.7. The molecule has 0 unspecified atom stereocenters. The second kappa shape index (κ2) is 4.88. The fourth-order valence-electron chi connectivity index (χ4n) is 1.59. The zero-order valence-electron chi connectivity index (χ0n) is 9.73. The molecule has 0 spiro atoms. The number of nitro benzene ring substituents is 1. The van der Waals surface area contributed by atoms with E-state index in [4.69, 9.17) is 19.7 Å². The summed E-state index contributed by atoms with van der Waals surface area (Å²) in [5.74, 6) is -3.09. The van der Waals surface area contributed by atoms with Crippen molar-refractivity contribution in [2.24, 2.45) is 0 Å². The Hall–Kier alpha value is -3.10. The molecule has 1 aliphatic rings. The molecule has 0 radical (unpaired) electrons. The number of fused-ring (bicyclic) bond motifs is 1. The zero-order chi connectivity index (χ0) is 14.9. The molecule has 1 aromatic carbocycles. The molecule has 2 rings (SSSR count). The molecule has 0 bridgehead atoms. The molecule has 0 amide bonds. The fourth-order valence-corrected chi connectivity index (χ4v) is 1.59. The Bertz CT molecular complexity index is 632. The molecular weight excluding hydrogens is 274 g/mol. The van der Waals surface area contributed by atoms with Crippen LogP contribution in [0.4, 0.5) is 5.69 Å². The normalized spacial score (nSPS) is 11.8. The summed E-state index contributed by atoms with van der Waals surface area (Å²) in [5.41, 5.74) is -1.67. The van der Waals surface area contributed by atoms with Crippen LogP contribution in [-0.2, 0) is 9.59 Å². The van der Waals surface area contributed by atoms with Gasteiger partial charge < -0.3 is 19.7 Å². The lowest BCUT2D eigenvalue weighted by atomic mass is 10.1. The van der Waals surface area contributed by atoms with Crippen LogP contribution in [0.5, 0.6) is 11.5 Å². The van der Waals surface area contributed by atoms with Gasteiger partial charge in [-0.05, 0) is 12.1 Å². The van der Waals surface area contributed by atoms with Crippen molar-refractivity contribution in [1.82, 2.24) is 0 Å². The predicted molar refractivity (Wildman–Crippen MR) is 62.5 cm³/mol. The van der Waals surface area contributed by atoms with E-state index in [2.05, 4.69) is 0 Å². The molecule has 1 heterocycles. The molecule has 0 aromatic heterocycles. The number of aliphatic carboxylic acids is 2. The van der Waals surface area contributed by atoms with Crippen molar-refractivity contribution < 1.29 is 34.2 Å². The van der Waals surface area contributed by atoms with Gasteiger partial charge in [-0.15, -0.1) is 0 Å². The number of carboxylic acids is 2. The van der Waals surface area contributed by atoms with Gasteiger partial charge in [0.25, 0.3) is 5.69 Å². The summed E-state index contributed by atoms with van der Waals surface area (Å²) in [5, 5.41) is 28.4. The van der Waals surface area contributed by atoms with Crippen molar-refractivity contribution in [3.8, 4) is 11.5 Å². The molecule has 20 heavy (non-hydrogen) atoms. The van der Waals surface area contributed by atoms with E-state index in [1.165, 1.54) is 0 Å². The van der Waals surface area contributed by atoms with Gasteiger partial charge in [-0.1, -0.05) is 0 Å². The number of nitrogens with zero attached hydrogens (tertiary/aromatic N) is 1. The summed E-state index contributed by atoms with van der Waals surface area (Å²) in [6, 6.07) is 2.21. The Balaban J connectivity index is 2.61. The molecule has 0 atom stereocenters. The number of ether oxygens (including phenoxy) is 2. The lowest BCUT2D eigenvalue weighted by Crippen LogP contribution is -2.11. The maximum Gasteiger partial charge on any atom is 0.343 e. The third-order valence-electron chi connectivity index (χ3n) is 2.48. The molecule has 0 saturated heterocycles. The largest absolute Gasteiger partial charge is 0.477 e. The van der Waals surface area contributed by atoms with E-state index in [9.17, 15) is 19.7 Å². The van der Waals surface area contributed by atoms with Gasteiger partial charge in [-0.2, -0.15) is 0 Å². The molecule has 2 N–H and O–H groups in total. The second-order valence-electron chi connectivity index (χ2n) is 3.69. The van der Waals surface area contributed by atoms with Gasteiger partial charge >= 0.3 is 11.9 Å². The summed E-state index contributed by atoms with van der Waals surface area (Å²) in [7, 11) is 0. The first-order valence-corrected chi connectivity index (χ1v) is 5.16. The molecule has 0 saturated carbocycles. The number of benzene rings is 1. The third-order valence-corrected chi connectivity index (χ3v) is 2.48. The van der Waals surface area contributed by atoms with Crippen molar-refractivity contribution in [3.05, 3.63) is 33.4 Å². The topological polar surface area (TPSA) is 136 Å². The smallest absolute Gasteiger partial charge is 0.343 e. The molecule has 0 fully saturated rings. The number of rotatable bonds is 4. The SMILES string of the molecule is O=C(O)C(=Cc1cc2c(cc1[N+](=O)[O-])OCO2)C(=O)O. The van der Waals surface area contributed by atoms with Crippen LogP contribution in [0, 0.1) is 10.1 Å². The van der Waals surface area contributed by atoms with E-state index >= 15 is 0 Å². The summed E-state index contributed by atoms with van der Waals surface area (Å²) < 4.78 is 9.97. The van der Waals surface area contributed by atoms with E-state index in [1.54, 1.807) is 0 Å². The van der Waals surface area contributed by atoms with Crippen molar-refractivity contribution in [1.29, 1.82) is 0 Å². The maximum absolute atomic E-state index is 10.9. The second-order valence-corrected chi connectivity index (χ2v) is 3.69. The first kappa shape index (κ1) is 13.3. The van der Waals surface area contributed by atoms with E-state index in [0.29, 0.717) is 6.08 Å². The van der Waals surface area contributed by atoms with Crippen LogP contribution < -0.4 is 9.47 Å². The van der Waals surface area contributed by atoms with Crippen LogP contribution in [0.1, 0.15) is 5.56 Å². The summed E-state index contributed by atoms with van der Waals surface area (Å²) in [4.78, 5) is 31.7.